The largest absolute Gasteiger partial charge is 0.376 e. The average Bonchev–Trinajstić information content (AvgIpc) is 3.19. The van der Waals surface area contributed by atoms with Crippen LogP contribution < -0.4 is 5.32 Å². The van der Waals surface area contributed by atoms with Crippen LogP contribution in [0.25, 0.3) is 0 Å². The molecule has 2 aliphatic heterocycles. The standard InChI is InChI=1S/C16H22N4O3/c21-15(18-10-2-1-3-10)12-8-20(9-14-11(12)5-7-23-14)16(22)13-4-6-17-19-13/h4,6,10-12,14H,1-3,5,7-9H2,(H,17,19)(H,18,21)/t11-,12+,14+/m0/s1. The Hall–Kier alpha value is -1.89. The number of nitrogens with zero attached hydrogens (tertiary/aromatic N) is 2. The summed E-state index contributed by atoms with van der Waals surface area (Å²) >= 11 is 0. The number of amides is 2. The SMILES string of the molecule is O=C(NC1CCC1)[C@@H]1CN(C(=O)c2ccn[nH]2)C[C@H]2OCC[C@H]21. The van der Waals surface area contributed by atoms with Crippen molar-refractivity contribution in [1.82, 2.24) is 20.4 Å². The van der Waals surface area contributed by atoms with Crippen LogP contribution in [0.1, 0.15) is 36.2 Å². The van der Waals surface area contributed by atoms with Gasteiger partial charge in [0.25, 0.3) is 5.91 Å². The molecule has 124 valence electrons. The Balaban J connectivity index is 1.49. The minimum atomic E-state index is -0.177. The third kappa shape index (κ3) is 2.73. The van der Waals surface area contributed by atoms with E-state index in [1.54, 1.807) is 17.2 Å². The van der Waals surface area contributed by atoms with Crippen molar-refractivity contribution < 1.29 is 14.3 Å². The summed E-state index contributed by atoms with van der Waals surface area (Å²) in [6.45, 7) is 1.69. The van der Waals surface area contributed by atoms with Crippen molar-refractivity contribution in [2.75, 3.05) is 19.7 Å². The van der Waals surface area contributed by atoms with Crippen LogP contribution in [-0.2, 0) is 9.53 Å². The van der Waals surface area contributed by atoms with E-state index in [1.165, 1.54) is 6.42 Å². The lowest BCUT2D eigenvalue weighted by Gasteiger charge is -2.40. The normalized spacial score (nSPS) is 30.6. The van der Waals surface area contributed by atoms with Gasteiger partial charge >= 0.3 is 0 Å². The number of hydrogen-bond donors (Lipinski definition) is 2. The van der Waals surface area contributed by atoms with Crippen LogP contribution in [0.15, 0.2) is 12.3 Å². The first-order chi connectivity index (χ1) is 11.2. The molecule has 2 saturated heterocycles. The van der Waals surface area contributed by atoms with Crippen molar-refractivity contribution in [3.8, 4) is 0 Å². The Morgan fingerprint density at radius 2 is 2.17 bits per heavy atom. The Kier molecular flexibility index (Phi) is 3.80. The van der Waals surface area contributed by atoms with Crippen LogP contribution in [0, 0.1) is 11.8 Å². The second-order valence-corrected chi connectivity index (χ2v) is 6.79. The lowest BCUT2D eigenvalue weighted by Crippen LogP contribution is -2.56. The number of aromatic nitrogens is 2. The predicted octanol–water partition coefficient (Wildman–Crippen LogP) is 0.555. The molecule has 4 rings (SSSR count). The summed E-state index contributed by atoms with van der Waals surface area (Å²) in [5, 5.41) is 9.68. The van der Waals surface area contributed by atoms with Gasteiger partial charge in [0, 0.05) is 37.9 Å². The number of hydrogen-bond acceptors (Lipinski definition) is 4. The molecule has 2 amide bonds. The molecule has 7 nitrogen and oxygen atoms in total. The fourth-order valence-electron chi connectivity index (χ4n) is 3.83. The quantitative estimate of drug-likeness (QED) is 0.852. The number of likely N-dealkylation sites (tertiary alicyclic amines) is 1. The number of nitrogens with one attached hydrogen (secondary N) is 2. The van der Waals surface area contributed by atoms with Gasteiger partial charge in [-0.3, -0.25) is 14.7 Å². The first kappa shape index (κ1) is 14.7. The highest BCUT2D eigenvalue weighted by Gasteiger charge is 2.45. The maximum atomic E-state index is 12.7. The number of ether oxygens (including phenoxy) is 1. The molecule has 3 fully saturated rings. The summed E-state index contributed by atoms with van der Waals surface area (Å²) in [5.74, 6) is 0.0137. The molecule has 0 bridgehead atoms. The number of piperidine rings is 1. The van der Waals surface area contributed by atoms with E-state index in [1.807, 2.05) is 0 Å². The molecule has 7 heteroatoms. The van der Waals surface area contributed by atoms with E-state index >= 15 is 0 Å². The fraction of sp³-hybridized carbons (Fsp3) is 0.688. The van der Waals surface area contributed by atoms with Crippen molar-refractivity contribution in [1.29, 1.82) is 0 Å². The van der Waals surface area contributed by atoms with Crippen molar-refractivity contribution in [2.24, 2.45) is 11.8 Å². The molecule has 3 heterocycles. The highest BCUT2D eigenvalue weighted by molar-refractivity contribution is 5.93. The third-order valence-electron chi connectivity index (χ3n) is 5.40. The summed E-state index contributed by atoms with van der Waals surface area (Å²) in [4.78, 5) is 27.0. The second-order valence-electron chi connectivity index (χ2n) is 6.79. The maximum absolute atomic E-state index is 12.7. The molecule has 0 aromatic carbocycles. The van der Waals surface area contributed by atoms with Crippen molar-refractivity contribution in [3.63, 3.8) is 0 Å². The molecular weight excluding hydrogens is 296 g/mol. The number of fused-ring (bicyclic) bond motifs is 1. The van der Waals surface area contributed by atoms with Gasteiger partial charge in [-0.2, -0.15) is 5.10 Å². The van der Waals surface area contributed by atoms with E-state index in [4.69, 9.17) is 4.74 Å². The zero-order valence-electron chi connectivity index (χ0n) is 13.0. The summed E-state index contributed by atoms with van der Waals surface area (Å²) < 4.78 is 5.78. The minimum absolute atomic E-state index is 0.0345. The topological polar surface area (TPSA) is 87.3 Å². The molecule has 3 aliphatic rings. The van der Waals surface area contributed by atoms with Gasteiger partial charge < -0.3 is 15.0 Å². The van der Waals surface area contributed by atoms with Crippen LogP contribution in [-0.4, -0.2) is 58.8 Å². The summed E-state index contributed by atoms with van der Waals surface area (Å²) in [7, 11) is 0. The number of carbonyl (C=O) groups excluding carboxylic acids is 2. The van der Waals surface area contributed by atoms with Gasteiger partial charge in [0.2, 0.25) is 5.91 Å². The molecule has 1 saturated carbocycles. The summed E-state index contributed by atoms with van der Waals surface area (Å²) in [6, 6.07) is 1.98. The van der Waals surface area contributed by atoms with E-state index < -0.39 is 0 Å². The molecule has 1 aliphatic carbocycles. The molecule has 2 N–H and O–H groups in total. The van der Waals surface area contributed by atoms with Crippen molar-refractivity contribution >= 4 is 11.8 Å². The predicted molar refractivity (Wildman–Crippen MR) is 81.6 cm³/mol. The number of H-pyrrole nitrogens is 1. The smallest absolute Gasteiger partial charge is 0.271 e. The van der Waals surface area contributed by atoms with E-state index in [9.17, 15) is 9.59 Å². The Morgan fingerprint density at radius 3 is 2.87 bits per heavy atom. The lowest BCUT2D eigenvalue weighted by molar-refractivity contribution is -0.131. The maximum Gasteiger partial charge on any atom is 0.271 e. The monoisotopic (exact) mass is 318 g/mol. The van der Waals surface area contributed by atoms with Crippen LogP contribution >= 0.6 is 0 Å². The van der Waals surface area contributed by atoms with E-state index in [2.05, 4.69) is 15.5 Å². The second kappa shape index (κ2) is 5.96. The van der Waals surface area contributed by atoms with E-state index in [0.717, 1.165) is 19.3 Å². The zero-order chi connectivity index (χ0) is 15.8. The number of aromatic amines is 1. The van der Waals surface area contributed by atoms with Crippen LogP contribution in [0.2, 0.25) is 0 Å². The highest BCUT2D eigenvalue weighted by atomic mass is 16.5. The van der Waals surface area contributed by atoms with Gasteiger partial charge in [-0.25, -0.2) is 0 Å². The Morgan fingerprint density at radius 1 is 1.30 bits per heavy atom. The van der Waals surface area contributed by atoms with Gasteiger partial charge in [-0.1, -0.05) is 0 Å². The number of carbonyl (C=O) groups is 2. The van der Waals surface area contributed by atoms with Crippen LogP contribution in [0.4, 0.5) is 0 Å². The van der Waals surface area contributed by atoms with Gasteiger partial charge in [0.1, 0.15) is 5.69 Å². The molecule has 0 radical (unpaired) electrons. The Labute approximate surface area is 134 Å². The van der Waals surface area contributed by atoms with Crippen molar-refractivity contribution in [2.45, 2.75) is 37.8 Å². The Bertz CT molecular complexity index is 584. The van der Waals surface area contributed by atoms with Crippen molar-refractivity contribution in [3.05, 3.63) is 18.0 Å². The first-order valence-electron chi connectivity index (χ1n) is 8.43. The van der Waals surface area contributed by atoms with E-state index in [0.29, 0.717) is 31.4 Å². The summed E-state index contributed by atoms with van der Waals surface area (Å²) in [6.07, 6.45) is 5.76. The average molecular weight is 318 g/mol. The van der Waals surface area contributed by atoms with Gasteiger partial charge in [0.05, 0.1) is 12.0 Å². The first-order valence-corrected chi connectivity index (χ1v) is 8.43. The molecule has 23 heavy (non-hydrogen) atoms. The lowest BCUT2D eigenvalue weighted by atomic mass is 9.81. The van der Waals surface area contributed by atoms with E-state index in [-0.39, 0.29) is 29.8 Å². The molecule has 0 spiro atoms. The van der Waals surface area contributed by atoms with Gasteiger partial charge in [-0.05, 0) is 31.7 Å². The fourth-order valence-corrected chi connectivity index (χ4v) is 3.83. The molecule has 1 aromatic rings. The molecule has 3 atom stereocenters. The van der Waals surface area contributed by atoms with Gasteiger partial charge in [-0.15, -0.1) is 0 Å². The molecule has 0 unspecified atom stereocenters. The summed E-state index contributed by atoms with van der Waals surface area (Å²) in [5.41, 5.74) is 0.458. The minimum Gasteiger partial charge on any atom is -0.376 e. The van der Waals surface area contributed by atoms with Gasteiger partial charge in [0.15, 0.2) is 0 Å². The number of rotatable bonds is 3. The third-order valence-corrected chi connectivity index (χ3v) is 5.40. The highest BCUT2D eigenvalue weighted by Crippen LogP contribution is 2.34. The molecular formula is C16H22N4O3. The van der Waals surface area contributed by atoms with Crippen LogP contribution in [0.3, 0.4) is 0 Å². The zero-order valence-corrected chi connectivity index (χ0v) is 13.0. The van der Waals surface area contributed by atoms with Crippen LogP contribution in [0.5, 0.6) is 0 Å². The molecule has 1 aromatic heterocycles.